The number of aromatic nitrogens is 1. The van der Waals surface area contributed by atoms with Crippen LogP contribution in [0.3, 0.4) is 0 Å². The number of nitrogens with zero attached hydrogens (tertiary/aromatic N) is 1. The average Bonchev–Trinajstić information content (AvgIpc) is 2.57. The fourth-order valence-corrected chi connectivity index (χ4v) is 4.10. The standard InChI is InChI=1S/C17H19ClN2O3S/c1-12-5-6-15(8-13(12)2)24(22,23)16(11-20-17(21)9-18)14-4-3-7-19-10-14/h3-8,10,16H,9,11H2,1-2H3,(H,20,21)/t16-/m0/s1. The molecule has 0 unspecified atom stereocenters. The molecule has 0 fully saturated rings. The summed E-state index contributed by atoms with van der Waals surface area (Å²) in [5.74, 6) is -0.635. The van der Waals surface area contributed by atoms with E-state index in [1.165, 1.54) is 6.20 Å². The predicted molar refractivity (Wildman–Crippen MR) is 93.8 cm³/mol. The number of rotatable bonds is 6. The van der Waals surface area contributed by atoms with Crippen LogP contribution in [0.5, 0.6) is 0 Å². The highest BCUT2D eigenvalue weighted by Gasteiger charge is 2.30. The molecule has 0 bridgehead atoms. The third-order valence-corrected chi connectivity index (χ3v) is 6.19. The van der Waals surface area contributed by atoms with Crippen LogP contribution in [0.15, 0.2) is 47.6 Å². The summed E-state index contributed by atoms with van der Waals surface area (Å²) in [6.07, 6.45) is 3.07. The molecule has 24 heavy (non-hydrogen) atoms. The van der Waals surface area contributed by atoms with Gasteiger partial charge in [0, 0.05) is 18.9 Å². The van der Waals surface area contributed by atoms with Gasteiger partial charge >= 0.3 is 0 Å². The van der Waals surface area contributed by atoms with Crippen molar-refractivity contribution in [3.05, 3.63) is 59.4 Å². The molecule has 0 aliphatic rings. The quantitative estimate of drug-likeness (QED) is 0.797. The van der Waals surface area contributed by atoms with Crippen LogP contribution in [0, 0.1) is 13.8 Å². The Morgan fingerprint density at radius 3 is 2.58 bits per heavy atom. The Labute approximate surface area is 147 Å². The number of sulfone groups is 1. The summed E-state index contributed by atoms with van der Waals surface area (Å²) in [5.41, 5.74) is 2.43. The first-order valence-electron chi connectivity index (χ1n) is 7.40. The Morgan fingerprint density at radius 2 is 2.00 bits per heavy atom. The molecule has 128 valence electrons. The molecule has 1 aromatic heterocycles. The third kappa shape index (κ3) is 4.13. The molecule has 1 aromatic carbocycles. The highest BCUT2D eigenvalue weighted by molar-refractivity contribution is 7.91. The van der Waals surface area contributed by atoms with Crippen molar-refractivity contribution in [2.24, 2.45) is 0 Å². The second kappa shape index (κ2) is 7.77. The first-order chi connectivity index (χ1) is 11.4. The zero-order chi connectivity index (χ0) is 17.7. The molecule has 1 N–H and O–H groups in total. The van der Waals surface area contributed by atoms with E-state index in [9.17, 15) is 13.2 Å². The van der Waals surface area contributed by atoms with Crippen LogP contribution in [0.2, 0.25) is 0 Å². The number of benzene rings is 1. The van der Waals surface area contributed by atoms with Gasteiger partial charge in [0.15, 0.2) is 9.84 Å². The molecular weight excluding hydrogens is 348 g/mol. The number of alkyl halides is 1. The fourth-order valence-electron chi connectivity index (χ4n) is 2.28. The normalized spacial score (nSPS) is 12.6. The number of pyridine rings is 1. The highest BCUT2D eigenvalue weighted by atomic mass is 35.5. The SMILES string of the molecule is Cc1ccc(S(=O)(=O)[C@@H](CNC(=O)CCl)c2cccnc2)cc1C. The van der Waals surface area contributed by atoms with Gasteiger partial charge in [0.2, 0.25) is 5.91 Å². The minimum atomic E-state index is -3.70. The highest BCUT2D eigenvalue weighted by Crippen LogP contribution is 2.29. The number of halogens is 1. The summed E-state index contributed by atoms with van der Waals surface area (Å²) in [6, 6.07) is 8.37. The Hall–Kier alpha value is -1.92. The molecule has 0 saturated heterocycles. The molecule has 0 saturated carbocycles. The van der Waals surface area contributed by atoms with Crippen molar-refractivity contribution >= 4 is 27.3 Å². The molecular formula is C17H19ClN2O3S. The fraction of sp³-hybridized carbons (Fsp3) is 0.294. The lowest BCUT2D eigenvalue weighted by molar-refractivity contribution is -0.118. The Balaban J connectivity index is 2.44. The predicted octanol–water partition coefficient (Wildman–Crippen LogP) is 2.57. The van der Waals surface area contributed by atoms with E-state index in [-0.39, 0.29) is 17.3 Å². The van der Waals surface area contributed by atoms with Gasteiger partial charge in [-0.05, 0) is 48.7 Å². The third-order valence-electron chi connectivity index (χ3n) is 3.84. The summed E-state index contributed by atoms with van der Waals surface area (Å²) in [7, 11) is -3.70. The number of hydrogen-bond acceptors (Lipinski definition) is 4. The lowest BCUT2D eigenvalue weighted by atomic mass is 10.1. The molecule has 0 radical (unpaired) electrons. The number of aryl methyl sites for hydroxylation is 2. The molecule has 0 aliphatic carbocycles. The van der Waals surface area contributed by atoms with Gasteiger partial charge in [-0.15, -0.1) is 11.6 Å². The molecule has 1 atom stereocenters. The monoisotopic (exact) mass is 366 g/mol. The summed E-state index contributed by atoms with van der Waals surface area (Å²) in [5, 5.41) is 1.62. The van der Waals surface area contributed by atoms with Crippen LogP contribution in [-0.4, -0.2) is 31.7 Å². The van der Waals surface area contributed by atoms with Gasteiger partial charge in [0.25, 0.3) is 0 Å². The summed E-state index contributed by atoms with van der Waals surface area (Å²) < 4.78 is 26.2. The van der Waals surface area contributed by atoms with E-state index in [1.54, 1.807) is 36.5 Å². The zero-order valence-corrected chi connectivity index (χ0v) is 15.1. The van der Waals surface area contributed by atoms with E-state index >= 15 is 0 Å². The Bertz CT molecular complexity index is 823. The van der Waals surface area contributed by atoms with E-state index < -0.39 is 21.0 Å². The number of carbonyl (C=O) groups excluding carboxylic acids is 1. The average molecular weight is 367 g/mol. The van der Waals surface area contributed by atoms with E-state index in [1.807, 2.05) is 13.8 Å². The van der Waals surface area contributed by atoms with Crippen LogP contribution in [0.25, 0.3) is 0 Å². The lowest BCUT2D eigenvalue weighted by Crippen LogP contribution is -2.32. The van der Waals surface area contributed by atoms with Crippen molar-refractivity contribution in [1.82, 2.24) is 10.3 Å². The number of nitrogens with one attached hydrogen (secondary N) is 1. The molecule has 2 rings (SSSR count). The van der Waals surface area contributed by atoms with Crippen molar-refractivity contribution in [2.45, 2.75) is 24.0 Å². The van der Waals surface area contributed by atoms with Gasteiger partial charge in [-0.1, -0.05) is 12.1 Å². The maximum absolute atomic E-state index is 13.1. The smallest absolute Gasteiger partial charge is 0.234 e. The zero-order valence-electron chi connectivity index (χ0n) is 13.5. The van der Waals surface area contributed by atoms with Gasteiger partial charge in [-0.3, -0.25) is 9.78 Å². The first kappa shape index (κ1) is 18.4. The number of amides is 1. The van der Waals surface area contributed by atoms with Crippen LogP contribution < -0.4 is 5.32 Å². The maximum atomic E-state index is 13.1. The van der Waals surface area contributed by atoms with Gasteiger partial charge in [0.05, 0.1) is 4.90 Å². The molecule has 1 heterocycles. The van der Waals surface area contributed by atoms with Crippen LogP contribution in [0.4, 0.5) is 0 Å². The van der Waals surface area contributed by atoms with Crippen LogP contribution >= 0.6 is 11.6 Å². The summed E-state index contributed by atoms with van der Waals surface area (Å²) in [4.78, 5) is 15.7. The van der Waals surface area contributed by atoms with Crippen molar-refractivity contribution < 1.29 is 13.2 Å². The van der Waals surface area contributed by atoms with Crippen molar-refractivity contribution in [3.63, 3.8) is 0 Å². The van der Waals surface area contributed by atoms with Gasteiger partial charge in [-0.25, -0.2) is 8.42 Å². The molecule has 5 nitrogen and oxygen atoms in total. The summed E-state index contributed by atoms with van der Waals surface area (Å²) in [6.45, 7) is 3.72. The topological polar surface area (TPSA) is 76.1 Å². The maximum Gasteiger partial charge on any atom is 0.234 e. The first-order valence-corrected chi connectivity index (χ1v) is 9.48. The van der Waals surface area contributed by atoms with Crippen LogP contribution in [0.1, 0.15) is 21.9 Å². The van der Waals surface area contributed by atoms with E-state index in [0.717, 1.165) is 11.1 Å². The largest absolute Gasteiger partial charge is 0.353 e. The summed E-state index contributed by atoms with van der Waals surface area (Å²) >= 11 is 5.48. The van der Waals surface area contributed by atoms with Gasteiger partial charge in [-0.2, -0.15) is 0 Å². The van der Waals surface area contributed by atoms with Crippen LogP contribution in [-0.2, 0) is 14.6 Å². The van der Waals surface area contributed by atoms with Gasteiger partial charge in [0.1, 0.15) is 11.1 Å². The lowest BCUT2D eigenvalue weighted by Gasteiger charge is -2.19. The second-order valence-corrected chi connectivity index (χ2v) is 7.90. The molecule has 0 spiro atoms. The Kier molecular flexibility index (Phi) is 5.96. The molecule has 0 aliphatic heterocycles. The van der Waals surface area contributed by atoms with E-state index in [2.05, 4.69) is 10.3 Å². The van der Waals surface area contributed by atoms with Crippen molar-refractivity contribution in [1.29, 1.82) is 0 Å². The number of hydrogen-bond donors (Lipinski definition) is 1. The van der Waals surface area contributed by atoms with Gasteiger partial charge < -0.3 is 5.32 Å². The van der Waals surface area contributed by atoms with E-state index in [0.29, 0.717) is 5.56 Å². The molecule has 1 amide bonds. The molecule has 2 aromatic rings. The minimum absolute atomic E-state index is 0.0630. The number of carbonyl (C=O) groups is 1. The van der Waals surface area contributed by atoms with Crippen molar-refractivity contribution in [2.75, 3.05) is 12.4 Å². The van der Waals surface area contributed by atoms with E-state index in [4.69, 9.17) is 11.6 Å². The Morgan fingerprint density at radius 1 is 1.25 bits per heavy atom. The minimum Gasteiger partial charge on any atom is -0.353 e. The second-order valence-electron chi connectivity index (χ2n) is 5.50. The molecule has 7 heteroatoms. The van der Waals surface area contributed by atoms with Crippen molar-refractivity contribution in [3.8, 4) is 0 Å².